The van der Waals surface area contributed by atoms with Gasteiger partial charge in [-0.2, -0.15) is 4.31 Å². The van der Waals surface area contributed by atoms with Crippen LogP contribution >= 0.6 is 0 Å². The van der Waals surface area contributed by atoms with Gasteiger partial charge in [-0.15, -0.1) is 0 Å². The number of rotatable bonds is 11. The highest BCUT2D eigenvalue weighted by Crippen LogP contribution is 2.22. The Balaban J connectivity index is 0.000000265. The normalized spacial score (nSPS) is 13.6. The average molecular weight is 619 g/mol. The average Bonchev–Trinajstić information content (AvgIpc) is 3.06. The number of hydrogen-bond acceptors (Lipinski definition) is 8. The number of carbonyl (C=O) groups excluding carboxylic acids is 1. The van der Waals surface area contributed by atoms with Gasteiger partial charge in [-0.3, -0.25) is 9.78 Å². The van der Waals surface area contributed by atoms with E-state index in [4.69, 9.17) is 0 Å². The first kappa shape index (κ1) is 32.5. The molecule has 2 aromatic heterocycles. The Hall–Kier alpha value is -4.42. The van der Waals surface area contributed by atoms with Gasteiger partial charge in [0, 0.05) is 38.9 Å². The summed E-state index contributed by atoms with van der Waals surface area (Å²) in [6.45, 7) is 6.31. The lowest BCUT2D eigenvalue weighted by atomic mass is 10.1. The Morgan fingerprint density at radius 3 is 2.20 bits per heavy atom. The van der Waals surface area contributed by atoms with E-state index < -0.39 is 16.0 Å². The number of carboxylic acid groups (broad SMARTS) is 1. The van der Waals surface area contributed by atoms with E-state index in [1.165, 1.54) is 35.1 Å². The number of aromatic nitrogens is 3. The highest BCUT2D eigenvalue weighted by atomic mass is 32.2. The van der Waals surface area contributed by atoms with Gasteiger partial charge in [-0.1, -0.05) is 56.7 Å². The summed E-state index contributed by atoms with van der Waals surface area (Å²) in [6, 6.07) is 15.4. The second-order valence-corrected chi connectivity index (χ2v) is 12.3. The number of unbranched alkanes of at least 4 members (excludes halogenated alkanes) is 1. The number of aromatic carboxylic acids is 1. The third kappa shape index (κ3) is 8.14. The van der Waals surface area contributed by atoms with Crippen LogP contribution in [0, 0.1) is 0 Å². The second kappa shape index (κ2) is 15.3. The highest BCUT2D eigenvalue weighted by Gasteiger charge is 2.29. The molecule has 0 saturated carbocycles. The zero-order chi connectivity index (χ0) is 31.5. The molecule has 5 rings (SSSR count). The van der Waals surface area contributed by atoms with E-state index in [0.29, 0.717) is 44.1 Å². The van der Waals surface area contributed by atoms with Crippen LogP contribution in [0.3, 0.4) is 0 Å². The van der Waals surface area contributed by atoms with Crippen molar-refractivity contribution < 1.29 is 23.1 Å². The summed E-state index contributed by atoms with van der Waals surface area (Å²) in [4.78, 5) is 36.3. The molecule has 0 radical (unpaired) electrons. The number of fused-ring (bicyclic) bond motifs is 1. The third-order valence-corrected chi connectivity index (χ3v) is 9.35. The molecule has 4 aromatic rings. The Morgan fingerprint density at radius 1 is 0.932 bits per heavy atom. The number of benzene rings is 2. The molecule has 11 nitrogen and oxygen atoms in total. The minimum atomic E-state index is -3.56. The van der Waals surface area contributed by atoms with Crippen molar-refractivity contribution >= 4 is 39.3 Å². The topological polar surface area (TPSA) is 146 Å². The van der Waals surface area contributed by atoms with Gasteiger partial charge >= 0.3 is 5.97 Å². The maximum atomic E-state index is 12.9. The van der Waals surface area contributed by atoms with Crippen LogP contribution in [0.1, 0.15) is 53.7 Å². The maximum Gasteiger partial charge on any atom is 0.339 e. The van der Waals surface area contributed by atoms with Gasteiger partial charge in [-0.05, 0) is 48.1 Å². The minimum Gasteiger partial charge on any atom is -0.478 e. The van der Waals surface area contributed by atoms with Crippen molar-refractivity contribution in [3.05, 3.63) is 89.4 Å². The number of pyridine rings is 1. The molecule has 0 spiro atoms. The van der Waals surface area contributed by atoms with Crippen molar-refractivity contribution in [2.75, 3.05) is 31.1 Å². The van der Waals surface area contributed by atoms with E-state index in [0.717, 1.165) is 30.4 Å². The molecule has 0 atom stereocenters. The molecule has 2 N–H and O–H groups in total. The molecule has 2 aromatic carbocycles. The predicted molar refractivity (Wildman–Crippen MR) is 169 cm³/mol. The minimum absolute atomic E-state index is 0.0152. The maximum absolute atomic E-state index is 12.9. The molecule has 0 unspecified atom stereocenters. The third-order valence-electron chi connectivity index (χ3n) is 7.44. The fourth-order valence-electron chi connectivity index (χ4n) is 4.80. The molecule has 1 amide bonds. The molecule has 12 heteroatoms. The van der Waals surface area contributed by atoms with Crippen LogP contribution in [0.25, 0.3) is 11.0 Å². The number of hydrogen-bond donors (Lipinski definition) is 2. The monoisotopic (exact) mass is 618 g/mol. The molecular formula is C32H38N6O5S. The van der Waals surface area contributed by atoms with Gasteiger partial charge in [0.05, 0.1) is 17.3 Å². The number of nitrogens with zero attached hydrogens (tertiary/aromatic N) is 5. The first-order valence-corrected chi connectivity index (χ1v) is 16.1. The first-order valence-electron chi connectivity index (χ1n) is 14.7. The van der Waals surface area contributed by atoms with Crippen molar-refractivity contribution in [2.45, 2.75) is 51.0 Å². The standard InChI is InChI=1S/C20H21N5O4S.C12H17NO/c1-2-14-3-5-15(6-4-14)30(28,29)25-9-7-24(8-10-25)18-13-22-17-12-21-11-16(20(26)27)19(17)23-18;1-2-3-4-11-5-7-12(8-6-11)9-13-10-14/h3-6,11-13H,2,7-10H2,1H3,(H,26,27);5-8,10H,2-4,9H2,1H3,(H,13,14). The van der Waals surface area contributed by atoms with Gasteiger partial charge < -0.3 is 15.3 Å². The summed E-state index contributed by atoms with van der Waals surface area (Å²) >= 11 is 0. The number of piperazine rings is 1. The summed E-state index contributed by atoms with van der Waals surface area (Å²) in [5, 5.41) is 12.0. The lowest BCUT2D eigenvalue weighted by Crippen LogP contribution is -2.49. The smallest absolute Gasteiger partial charge is 0.339 e. The molecule has 1 aliphatic heterocycles. The summed E-state index contributed by atoms with van der Waals surface area (Å²) < 4.78 is 27.3. The SMILES string of the molecule is CCCCc1ccc(CNC=O)cc1.CCc1ccc(S(=O)(=O)N2CCN(c3cnc4cncc(C(=O)O)c4n3)CC2)cc1. The molecule has 1 aliphatic rings. The van der Waals surface area contributed by atoms with E-state index in [-0.39, 0.29) is 16.0 Å². The van der Waals surface area contributed by atoms with Gasteiger partial charge in [-0.25, -0.2) is 23.2 Å². The number of carboxylic acids is 1. The molecule has 44 heavy (non-hydrogen) atoms. The van der Waals surface area contributed by atoms with Crippen LogP contribution in [0.4, 0.5) is 5.82 Å². The molecule has 1 saturated heterocycles. The zero-order valence-electron chi connectivity index (χ0n) is 25.0. The van der Waals surface area contributed by atoms with E-state index in [2.05, 4.69) is 51.5 Å². The molecular weight excluding hydrogens is 580 g/mol. The zero-order valence-corrected chi connectivity index (χ0v) is 25.8. The summed E-state index contributed by atoms with van der Waals surface area (Å²) in [6.07, 6.45) is 9.47. The number of nitrogens with one attached hydrogen (secondary N) is 1. The molecule has 232 valence electrons. The van der Waals surface area contributed by atoms with Crippen molar-refractivity contribution in [1.82, 2.24) is 24.6 Å². The van der Waals surface area contributed by atoms with Gasteiger partial charge in [0.1, 0.15) is 22.4 Å². The number of sulfonamides is 1. The van der Waals surface area contributed by atoms with Crippen LogP contribution in [0.15, 0.2) is 72.0 Å². The van der Waals surface area contributed by atoms with E-state index in [9.17, 15) is 23.1 Å². The van der Waals surface area contributed by atoms with Crippen LogP contribution in [-0.2, 0) is 34.2 Å². The summed E-state index contributed by atoms with van der Waals surface area (Å²) in [5.41, 5.74) is 4.26. The first-order chi connectivity index (χ1) is 21.3. The van der Waals surface area contributed by atoms with Crippen molar-refractivity contribution in [1.29, 1.82) is 0 Å². The number of aryl methyl sites for hydroxylation is 2. The fraction of sp³-hybridized carbons (Fsp3) is 0.344. The molecule has 0 bridgehead atoms. The van der Waals surface area contributed by atoms with Gasteiger partial charge in [0.2, 0.25) is 16.4 Å². The van der Waals surface area contributed by atoms with Crippen LogP contribution in [0.2, 0.25) is 0 Å². The van der Waals surface area contributed by atoms with Crippen molar-refractivity contribution in [3.63, 3.8) is 0 Å². The van der Waals surface area contributed by atoms with E-state index >= 15 is 0 Å². The molecule has 3 heterocycles. The molecule has 0 aliphatic carbocycles. The van der Waals surface area contributed by atoms with Crippen molar-refractivity contribution in [2.24, 2.45) is 0 Å². The Labute approximate surface area is 258 Å². The highest BCUT2D eigenvalue weighted by molar-refractivity contribution is 7.89. The molecule has 1 fully saturated rings. The largest absolute Gasteiger partial charge is 0.478 e. The number of carbonyl (C=O) groups is 2. The fourth-order valence-corrected chi connectivity index (χ4v) is 6.22. The Morgan fingerprint density at radius 2 is 1.59 bits per heavy atom. The number of amides is 1. The van der Waals surface area contributed by atoms with Gasteiger partial charge in [0.15, 0.2) is 0 Å². The van der Waals surface area contributed by atoms with Crippen LogP contribution in [0.5, 0.6) is 0 Å². The number of anilines is 1. The van der Waals surface area contributed by atoms with E-state index in [1.807, 2.05) is 24.0 Å². The van der Waals surface area contributed by atoms with Crippen LogP contribution in [-0.4, -0.2) is 71.3 Å². The second-order valence-electron chi connectivity index (χ2n) is 10.4. The summed E-state index contributed by atoms with van der Waals surface area (Å²) in [5.74, 6) is -0.606. The summed E-state index contributed by atoms with van der Waals surface area (Å²) in [7, 11) is -3.56. The Kier molecular flexibility index (Phi) is 11.3. The van der Waals surface area contributed by atoms with Crippen LogP contribution < -0.4 is 10.2 Å². The lowest BCUT2D eigenvalue weighted by Gasteiger charge is -2.34. The quantitative estimate of drug-likeness (QED) is 0.238. The predicted octanol–water partition coefficient (Wildman–Crippen LogP) is 4.07. The Bertz CT molecular complexity index is 1660. The van der Waals surface area contributed by atoms with E-state index in [1.54, 1.807) is 18.3 Å². The lowest BCUT2D eigenvalue weighted by molar-refractivity contribution is -0.109. The van der Waals surface area contributed by atoms with Gasteiger partial charge in [0.25, 0.3) is 0 Å². The van der Waals surface area contributed by atoms with Crippen molar-refractivity contribution in [3.8, 4) is 0 Å².